The average Bonchev–Trinajstić information content (AvgIpc) is 2.40. The molecular weight excluding hydrogens is 261 g/mol. The molecule has 0 aromatic heterocycles. The molecule has 1 aromatic carbocycles. The molecule has 19 heavy (non-hydrogen) atoms. The third-order valence-electron chi connectivity index (χ3n) is 3.93. The molecule has 2 nitrogen and oxygen atoms in total. The van der Waals surface area contributed by atoms with E-state index in [9.17, 15) is 9.18 Å². The summed E-state index contributed by atoms with van der Waals surface area (Å²) in [6.07, 6.45) is 5.96. The first-order chi connectivity index (χ1) is 9.00. The van der Waals surface area contributed by atoms with Gasteiger partial charge in [0.25, 0.3) is 5.91 Å². The summed E-state index contributed by atoms with van der Waals surface area (Å²) in [5.74, 6) is -0.843. The number of thiol groups is 1. The molecule has 4 heteroatoms. The van der Waals surface area contributed by atoms with Crippen molar-refractivity contribution in [2.24, 2.45) is 5.41 Å². The number of rotatable bonds is 3. The van der Waals surface area contributed by atoms with Gasteiger partial charge in [0.15, 0.2) is 0 Å². The van der Waals surface area contributed by atoms with Crippen molar-refractivity contribution in [1.82, 2.24) is 5.32 Å². The van der Waals surface area contributed by atoms with Gasteiger partial charge in [-0.15, -0.1) is 12.6 Å². The molecule has 0 heterocycles. The van der Waals surface area contributed by atoms with Crippen LogP contribution in [0.2, 0.25) is 0 Å². The topological polar surface area (TPSA) is 29.1 Å². The Morgan fingerprint density at radius 1 is 1.37 bits per heavy atom. The normalized spacial score (nSPS) is 18.1. The van der Waals surface area contributed by atoms with Gasteiger partial charge in [-0.05, 0) is 36.5 Å². The summed E-state index contributed by atoms with van der Waals surface area (Å²) in [7, 11) is 0. The molecule has 1 fully saturated rings. The summed E-state index contributed by atoms with van der Waals surface area (Å²) >= 11 is 4.14. The van der Waals surface area contributed by atoms with E-state index in [2.05, 4.69) is 24.9 Å². The fraction of sp³-hybridized carbons (Fsp3) is 0.533. The van der Waals surface area contributed by atoms with Crippen LogP contribution in [0, 0.1) is 11.2 Å². The summed E-state index contributed by atoms with van der Waals surface area (Å²) < 4.78 is 13.6. The van der Waals surface area contributed by atoms with Gasteiger partial charge >= 0.3 is 0 Å². The van der Waals surface area contributed by atoms with Gasteiger partial charge in [0.05, 0.1) is 5.56 Å². The molecule has 2 rings (SSSR count). The fourth-order valence-electron chi connectivity index (χ4n) is 2.66. The molecule has 0 saturated heterocycles. The van der Waals surface area contributed by atoms with Crippen LogP contribution in [0.4, 0.5) is 4.39 Å². The molecule has 0 unspecified atom stereocenters. The van der Waals surface area contributed by atoms with Gasteiger partial charge in [-0.3, -0.25) is 4.79 Å². The van der Waals surface area contributed by atoms with E-state index in [1.165, 1.54) is 37.5 Å². The predicted molar refractivity (Wildman–Crippen MR) is 77.2 cm³/mol. The summed E-state index contributed by atoms with van der Waals surface area (Å²) in [5.41, 5.74) is 0.232. The van der Waals surface area contributed by atoms with Crippen molar-refractivity contribution >= 4 is 18.5 Å². The number of amides is 1. The van der Waals surface area contributed by atoms with E-state index in [0.29, 0.717) is 11.4 Å². The smallest absolute Gasteiger partial charge is 0.254 e. The van der Waals surface area contributed by atoms with Crippen LogP contribution in [0.5, 0.6) is 0 Å². The van der Waals surface area contributed by atoms with Gasteiger partial charge in [0, 0.05) is 11.4 Å². The highest BCUT2D eigenvalue weighted by molar-refractivity contribution is 7.80. The Morgan fingerprint density at radius 3 is 2.74 bits per heavy atom. The lowest BCUT2D eigenvalue weighted by Crippen LogP contribution is -2.37. The minimum absolute atomic E-state index is 0.0758. The van der Waals surface area contributed by atoms with E-state index in [1.54, 1.807) is 0 Å². The number of halogens is 1. The van der Waals surface area contributed by atoms with Crippen molar-refractivity contribution in [3.8, 4) is 0 Å². The van der Waals surface area contributed by atoms with Crippen LogP contribution in [0.3, 0.4) is 0 Å². The first kappa shape index (κ1) is 14.4. The summed E-state index contributed by atoms with van der Waals surface area (Å²) in [4.78, 5) is 12.6. The van der Waals surface area contributed by atoms with Crippen molar-refractivity contribution < 1.29 is 9.18 Å². The van der Waals surface area contributed by atoms with Crippen LogP contribution < -0.4 is 5.32 Å². The minimum atomic E-state index is -0.496. The molecule has 1 saturated carbocycles. The van der Waals surface area contributed by atoms with Crippen molar-refractivity contribution in [1.29, 1.82) is 0 Å². The van der Waals surface area contributed by atoms with E-state index in [-0.39, 0.29) is 16.9 Å². The molecule has 104 valence electrons. The number of carbonyl (C=O) groups excluding carboxylic acids is 1. The lowest BCUT2D eigenvalue weighted by atomic mass is 9.76. The molecule has 0 radical (unpaired) electrons. The quantitative estimate of drug-likeness (QED) is 0.810. The highest BCUT2D eigenvalue weighted by Crippen LogP contribution is 2.35. The van der Waals surface area contributed by atoms with Crippen LogP contribution in [-0.2, 0) is 0 Å². The molecular formula is C15H20FNOS. The first-order valence-electron chi connectivity index (χ1n) is 6.77. The Kier molecular flexibility index (Phi) is 4.50. The summed E-state index contributed by atoms with van der Waals surface area (Å²) in [6.45, 7) is 2.81. The highest BCUT2D eigenvalue weighted by Gasteiger charge is 2.27. The van der Waals surface area contributed by atoms with Crippen LogP contribution in [-0.4, -0.2) is 12.5 Å². The third-order valence-corrected chi connectivity index (χ3v) is 4.21. The van der Waals surface area contributed by atoms with E-state index in [1.807, 2.05) is 0 Å². The molecule has 1 N–H and O–H groups in total. The SMILES string of the molecule is CC1(CNC(=O)c2cc(S)ccc2F)CCCCC1. The average molecular weight is 281 g/mol. The van der Waals surface area contributed by atoms with E-state index >= 15 is 0 Å². The second kappa shape index (κ2) is 5.95. The van der Waals surface area contributed by atoms with Crippen molar-refractivity contribution in [3.05, 3.63) is 29.6 Å². The Bertz CT molecular complexity index is 469. The number of nitrogens with one attached hydrogen (secondary N) is 1. The maximum atomic E-state index is 13.6. The molecule has 0 spiro atoms. The van der Waals surface area contributed by atoms with E-state index in [4.69, 9.17) is 0 Å². The fourth-order valence-corrected chi connectivity index (χ4v) is 2.86. The molecule has 0 aliphatic heterocycles. The van der Waals surface area contributed by atoms with Gasteiger partial charge in [0.1, 0.15) is 5.82 Å². The van der Waals surface area contributed by atoms with Crippen LogP contribution >= 0.6 is 12.6 Å². The van der Waals surface area contributed by atoms with Gasteiger partial charge < -0.3 is 5.32 Å². The Morgan fingerprint density at radius 2 is 2.05 bits per heavy atom. The lowest BCUT2D eigenvalue weighted by Gasteiger charge is -2.33. The largest absolute Gasteiger partial charge is 0.351 e. The molecule has 1 amide bonds. The molecule has 1 aliphatic carbocycles. The van der Waals surface area contributed by atoms with Gasteiger partial charge in [-0.1, -0.05) is 26.2 Å². The number of hydrogen-bond acceptors (Lipinski definition) is 2. The summed E-state index contributed by atoms with van der Waals surface area (Å²) in [6, 6.07) is 4.29. The predicted octanol–water partition coefficient (Wildman–Crippen LogP) is 3.81. The third kappa shape index (κ3) is 3.72. The Labute approximate surface area is 119 Å². The van der Waals surface area contributed by atoms with Gasteiger partial charge in [-0.25, -0.2) is 4.39 Å². The molecule has 0 atom stereocenters. The zero-order chi connectivity index (χ0) is 13.9. The maximum Gasteiger partial charge on any atom is 0.254 e. The lowest BCUT2D eigenvalue weighted by molar-refractivity contribution is 0.0915. The zero-order valence-electron chi connectivity index (χ0n) is 11.2. The number of carbonyl (C=O) groups is 1. The van der Waals surface area contributed by atoms with Crippen molar-refractivity contribution in [2.45, 2.75) is 43.9 Å². The van der Waals surface area contributed by atoms with E-state index < -0.39 is 5.82 Å². The molecule has 1 aliphatic rings. The maximum absolute atomic E-state index is 13.6. The Hall–Kier alpha value is -1.03. The zero-order valence-corrected chi connectivity index (χ0v) is 12.1. The number of hydrogen-bond donors (Lipinski definition) is 2. The molecule has 1 aromatic rings. The molecule has 0 bridgehead atoms. The number of benzene rings is 1. The van der Waals surface area contributed by atoms with Crippen molar-refractivity contribution in [3.63, 3.8) is 0 Å². The van der Waals surface area contributed by atoms with Crippen molar-refractivity contribution in [2.75, 3.05) is 6.54 Å². The van der Waals surface area contributed by atoms with Crippen LogP contribution in [0.25, 0.3) is 0 Å². The van der Waals surface area contributed by atoms with Crippen LogP contribution in [0.1, 0.15) is 49.4 Å². The second-order valence-corrected chi connectivity index (χ2v) is 6.23. The monoisotopic (exact) mass is 281 g/mol. The highest BCUT2D eigenvalue weighted by atomic mass is 32.1. The first-order valence-corrected chi connectivity index (χ1v) is 7.22. The minimum Gasteiger partial charge on any atom is -0.351 e. The summed E-state index contributed by atoms with van der Waals surface area (Å²) in [5, 5.41) is 2.86. The van der Waals surface area contributed by atoms with Gasteiger partial charge in [-0.2, -0.15) is 0 Å². The van der Waals surface area contributed by atoms with E-state index in [0.717, 1.165) is 12.8 Å². The Balaban J connectivity index is 1.99. The standard InChI is InChI=1S/C15H20FNOS/c1-15(7-3-2-4-8-15)10-17-14(18)12-9-11(19)5-6-13(12)16/h5-6,9,19H,2-4,7-8,10H2,1H3,(H,17,18). The van der Waals surface area contributed by atoms with Crippen LogP contribution in [0.15, 0.2) is 23.1 Å². The van der Waals surface area contributed by atoms with Gasteiger partial charge in [0.2, 0.25) is 0 Å². The second-order valence-electron chi connectivity index (χ2n) is 5.72.